The van der Waals surface area contributed by atoms with E-state index in [4.69, 9.17) is 0 Å². The zero-order valence-electron chi connectivity index (χ0n) is 9.01. The minimum atomic E-state index is -1.22. The summed E-state index contributed by atoms with van der Waals surface area (Å²) in [7, 11) is 0. The maximum absolute atomic E-state index is 13.3. The molecule has 0 aliphatic rings. The molecule has 0 amide bonds. The molecule has 94 valence electrons. The molecule has 1 aromatic rings. The smallest absolute Gasteiger partial charge is 0.138 e. The Balaban J connectivity index is 2.75. The summed E-state index contributed by atoms with van der Waals surface area (Å²) in [6.07, 6.45) is 0.191. The van der Waals surface area contributed by atoms with E-state index >= 15 is 0 Å². The standard InChI is InChI=1S/C11H12F3NO2/c12-6-4-7(13)11(8(14)5-6)9(15)2-1-3-10(16)17/h4-5,9H,1-3,15H2,(H,16,17)/t9-/m0/s1. The first-order valence-corrected chi connectivity index (χ1v) is 5.09. The van der Waals surface area contributed by atoms with Crippen molar-refractivity contribution < 1.29 is 28.8 Å². The quantitative estimate of drug-likeness (QED) is 0.813. The molecule has 6 heteroatoms. The van der Waals surface area contributed by atoms with Crippen molar-refractivity contribution in [2.24, 2.45) is 0 Å². The first-order chi connectivity index (χ1) is 7.91. The summed E-state index contributed by atoms with van der Waals surface area (Å²) in [6, 6.07) is 0.403. The van der Waals surface area contributed by atoms with Gasteiger partial charge in [-0.3, -0.25) is 0 Å². The van der Waals surface area contributed by atoms with Crippen molar-refractivity contribution in [3.63, 3.8) is 0 Å². The Morgan fingerprint density at radius 2 is 1.82 bits per heavy atom. The fraction of sp³-hybridized carbons (Fsp3) is 0.364. The van der Waals surface area contributed by atoms with Gasteiger partial charge in [-0.2, -0.15) is 0 Å². The second kappa shape index (κ2) is 5.67. The Kier molecular flexibility index (Phi) is 4.51. The lowest BCUT2D eigenvalue weighted by Gasteiger charge is -2.11. The number of carboxylic acid groups (broad SMARTS) is 1. The Bertz CT molecular complexity index is 400. The van der Waals surface area contributed by atoms with Crippen LogP contribution >= 0.6 is 0 Å². The molecular formula is C11H12F3NO2. The number of carbonyl (C=O) groups excluding carboxylic acids is 1. The van der Waals surface area contributed by atoms with Crippen molar-refractivity contribution in [3.8, 4) is 0 Å². The van der Waals surface area contributed by atoms with E-state index in [1.807, 2.05) is 0 Å². The molecule has 0 fully saturated rings. The van der Waals surface area contributed by atoms with Crippen LogP contribution in [0, 0.1) is 17.5 Å². The van der Waals surface area contributed by atoms with Gasteiger partial charge in [-0.25, -0.2) is 13.2 Å². The molecular weight excluding hydrogens is 235 g/mol. The van der Waals surface area contributed by atoms with Crippen LogP contribution in [0.25, 0.3) is 0 Å². The molecule has 3 N–H and O–H groups in total. The van der Waals surface area contributed by atoms with Gasteiger partial charge >= 0.3 is 0 Å². The van der Waals surface area contributed by atoms with Crippen molar-refractivity contribution in [3.05, 3.63) is 35.1 Å². The van der Waals surface area contributed by atoms with Gasteiger partial charge < -0.3 is 15.6 Å². The minimum absolute atomic E-state index is 0.188. The molecule has 1 atom stereocenters. The summed E-state index contributed by atoms with van der Waals surface area (Å²) in [5.74, 6) is -4.23. The zero-order valence-corrected chi connectivity index (χ0v) is 9.01. The molecule has 17 heavy (non-hydrogen) atoms. The number of carbonyl (C=O) groups is 1. The monoisotopic (exact) mass is 247 g/mol. The van der Waals surface area contributed by atoms with Crippen LogP contribution in [-0.4, -0.2) is 5.97 Å². The average Bonchev–Trinajstić information content (AvgIpc) is 2.14. The van der Waals surface area contributed by atoms with Gasteiger partial charge in [0.05, 0.1) is 5.56 Å². The predicted molar refractivity (Wildman–Crippen MR) is 50.8 cm³/mol. The lowest BCUT2D eigenvalue weighted by atomic mass is 10.0. The second-order valence-corrected chi connectivity index (χ2v) is 3.74. The molecule has 0 bridgehead atoms. The van der Waals surface area contributed by atoms with E-state index in [0.29, 0.717) is 12.1 Å². The molecule has 0 aromatic heterocycles. The average molecular weight is 247 g/mol. The summed E-state index contributed by atoms with van der Waals surface area (Å²) in [4.78, 5) is 10.2. The van der Waals surface area contributed by atoms with Crippen LogP contribution in [0.4, 0.5) is 13.2 Å². The third kappa shape index (κ3) is 3.74. The van der Waals surface area contributed by atoms with Gasteiger partial charge in [0.2, 0.25) is 0 Å². The molecule has 1 rings (SSSR count). The normalized spacial score (nSPS) is 12.5. The van der Waals surface area contributed by atoms with Crippen LogP contribution in [0.15, 0.2) is 12.1 Å². The van der Waals surface area contributed by atoms with Crippen LogP contribution in [0.5, 0.6) is 0 Å². The number of hydrogen-bond acceptors (Lipinski definition) is 2. The summed E-state index contributed by atoms with van der Waals surface area (Å²) >= 11 is 0. The zero-order chi connectivity index (χ0) is 13.0. The highest BCUT2D eigenvalue weighted by Crippen LogP contribution is 2.22. The maximum Gasteiger partial charge on any atom is 0.138 e. The van der Waals surface area contributed by atoms with Crippen molar-refractivity contribution in [2.75, 3.05) is 0 Å². The van der Waals surface area contributed by atoms with Crippen LogP contribution in [0.3, 0.4) is 0 Å². The fourth-order valence-electron chi connectivity index (χ4n) is 1.58. The molecule has 0 heterocycles. The summed E-state index contributed by atoms with van der Waals surface area (Å²) in [5, 5.41) is 10.2. The number of benzene rings is 1. The Labute approximate surface area is 96.0 Å². The lowest BCUT2D eigenvalue weighted by Crippen LogP contribution is -2.54. The Morgan fingerprint density at radius 3 is 2.29 bits per heavy atom. The van der Waals surface area contributed by atoms with Crippen molar-refractivity contribution in [2.45, 2.75) is 25.3 Å². The Hall–Kier alpha value is -1.56. The van der Waals surface area contributed by atoms with Crippen molar-refractivity contribution in [1.82, 2.24) is 0 Å². The number of rotatable bonds is 5. The van der Waals surface area contributed by atoms with E-state index in [9.17, 15) is 23.1 Å². The number of aliphatic carboxylic acids is 1. The molecule has 0 saturated carbocycles. The van der Waals surface area contributed by atoms with Crippen molar-refractivity contribution >= 4 is 5.97 Å². The van der Waals surface area contributed by atoms with Gasteiger partial charge in [0.25, 0.3) is 0 Å². The molecule has 0 saturated heterocycles. The SMILES string of the molecule is [NH3+][C@@H](CCCC(=O)[O-])c1c(F)cc(F)cc1F. The van der Waals surface area contributed by atoms with E-state index in [0.717, 1.165) is 0 Å². The highest BCUT2D eigenvalue weighted by molar-refractivity contribution is 5.64. The molecule has 0 unspecified atom stereocenters. The van der Waals surface area contributed by atoms with E-state index in [2.05, 4.69) is 5.73 Å². The van der Waals surface area contributed by atoms with Gasteiger partial charge in [0, 0.05) is 24.5 Å². The van der Waals surface area contributed by atoms with E-state index in [-0.39, 0.29) is 24.8 Å². The van der Waals surface area contributed by atoms with Crippen LogP contribution < -0.4 is 10.8 Å². The van der Waals surface area contributed by atoms with E-state index in [1.54, 1.807) is 0 Å². The maximum atomic E-state index is 13.3. The van der Waals surface area contributed by atoms with E-state index < -0.39 is 29.5 Å². The van der Waals surface area contributed by atoms with Gasteiger partial charge in [0.1, 0.15) is 23.5 Å². The number of hydrogen-bond donors (Lipinski definition) is 1. The molecule has 3 nitrogen and oxygen atoms in total. The number of halogens is 3. The van der Waals surface area contributed by atoms with Crippen molar-refractivity contribution in [1.29, 1.82) is 0 Å². The van der Waals surface area contributed by atoms with E-state index in [1.165, 1.54) is 0 Å². The summed E-state index contributed by atoms with van der Waals surface area (Å²) in [6.45, 7) is 0. The van der Waals surface area contributed by atoms with Crippen LogP contribution in [0.2, 0.25) is 0 Å². The fourth-order valence-corrected chi connectivity index (χ4v) is 1.58. The highest BCUT2D eigenvalue weighted by atomic mass is 19.1. The van der Waals surface area contributed by atoms with Crippen LogP contribution in [0.1, 0.15) is 30.9 Å². The molecule has 0 aliphatic heterocycles. The molecule has 1 aromatic carbocycles. The molecule has 0 radical (unpaired) electrons. The topological polar surface area (TPSA) is 67.8 Å². The first kappa shape index (κ1) is 13.5. The van der Waals surface area contributed by atoms with Gasteiger partial charge in [-0.15, -0.1) is 0 Å². The van der Waals surface area contributed by atoms with Gasteiger partial charge in [-0.1, -0.05) is 0 Å². The third-order valence-corrected chi connectivity index (χ3v) is 2.39. The van der Waals surface area contributed by atoms with Gasteiger partial charge in [-0.05, 0) is 12.8 Å². The number of carboxylic acids is 1. The lowest BCUT2D eigenvalue weighted by molar-refractivity contribution is -0.429. The van der Waals surface area contributed by atoms with Gasteiger partial charge in [0.15, 0.2) is 0 Å². The third-order valence-electron chi connectivity index (χ3n) is 2.39. The van der Waals surface area contributed by atoms with Crippen LogP contribution in [-0.2, 0) is 4.79 Å². The molecule has 0 aliphatic carbocycles. The predicted octanol–water partition coefficient (Wildman–Crippen LogP) is 0.307. The largest absolute Gasteiger partial charge is 0.550 e. The minimum Gasteiger partial charge on any atom is -0.550 e. The summed E-state index contributed by atoms with van der Waals surface area (Å²) < 4.78 is 39.2. The first-order valence-electron chi connectivity index (χ1n) is 5.09. The number of quaternary nitrogens is 1. The molecule has 0 spiro atoms. The summed E-state index contributed by atoms with van der Waals surface area (Å²) in [5.41, 5.74) is 3.23. The highest BCUT2D eigenvalue weighted by Gasteiger charge is 2.20. The second-order valence-electron chi connectivity index (χ2n) is 3.74. The Morgan fingerprint density at radius 1 is 1.29 bits per heavy atom.